The summed E-state index contributed by atoms with van der Waals surface area (Å²) in [5.74, 6) is 1.63. The van der Waals surface area contributed by atoms with E-state index in [1.807, 2.05) is 12.1 Å². The monoisotopic (exact) mass is 398 g/mol. The van der Waals surface area contributed by atoms with Crippen LogP contribution in [0.2, 0.25) is 0 Å². The molecule has 0 N–H and O–H groups in total. The Balaban J connectivity index is 1.57. The fraction of sp³-hybridized carbons (Fsp3) is 0.636. The van der Waals surface area contributed by atoms with E-state index in [0.717, 1.165) is 44.2 Å². The van der Waals surface area contributed by atoms with Crippen molar-refractivity contribution in [2.24, 2.45) is 5.92 Å². The summed E-state index contributed by atoms with van der Waals surface area (Å²) in [5.41, 5.74) is 0.474. The smallest absolute Gasteiger partial charge is 0.259 e. The van der Waals surface area contributed by atoms with E-state index in [1.54, 1.807) is 19.5 Å². The Kier molecular flexibility index (Phi) is 6.23. The van der Waals surface area contributed by atoms with Gasteiger partial charge in [0.25, 0.3) is 5.89 Å². The molecule has 156 valence electrons. The Morgan fingerprint density at radius 1 is 1.31 bits per heavy atom. The molecule has 1 amide bonds. The molecular formula is C22H30N4O3. The minimum absolute atomic E-state index is 0.179. The summed E-state index contributed by atoms with van der Waals surface area (Å²) in [6, 6.07) is 3.76. The van der Waals surface area contributed by atoms with Crippen LogP contribution >= 0.6 is 0 Å². The highest BCUT2D eigenvalue weighted by molar-refractivity contribution is 5.79. The number of piperidine rings is 1. The molecule has 1 aliphatic carbocycles. The molecule has 2 aromatic rings. The van der Waals surface area contributed by atoms with Crippen molar-refractivity contribution in [3.63, 3.8) is 0 Å². The predicted molar refractivity (Wildman–Crippen MR) is 108 cm³/mol. The van der Waals surface area contributed by atoms with Gasteiger partial charge in [-0.1, -0.05) is 24.4 Å². The summed E-state index contributed by atoms with van der Waals surface area (Å²) in [5, 5.41) is 4.34. The van der Waals surface area contributed by atoms with Crippen LogP contribution in [0.3, 0.4) is 0 Å². The number of hydrogen-bond donors (Lipinski definition) is 0. The highest BCUT2D eigenvalue weighted by Crippen LogP contribution is 2.38. The van der Waals surface area contributed by atoms with Crippen molar-refractivity contribution in [2.45, 2.75) is 56.8 Å². The molecule has 0 radical (unpaired) electrons. The van der Waals surface area contributed by atoms with Gasteiger partial charge >= 0.3 is 0 Å². The third kappa shape index (κ3) is 4.34. The maximum atomic E-state index is 13.2. The molecule has 0 aromatic carbocycles. The van der Waals surface area contributed by atoms with E-state index >= 15 is 0 Å². The summed E-state index contributed by atoms with van der Waals surface area (Å²) >= 11 is 0. The second kappa shape index (κ2) is 9.03. The molecule has 0 spiro atoms. The van der Waals surface area contributed by atoms with E-state index in [2.05, 4.69) is 15.0 Å². The maximum Gasteiger partial charge on any atom is 0.259 e. The number of methoxy groups -OCH3 is 1. The molecule has 2 fully saturated rings. The van der Waals surface area contributed by atoms with Crippen LogP contribution in [0, 0.1) is 5.92 Å². The van der Waals surface area contributed by atoms with Crippen molar-refractivity contribution >= 4 is 5.91 Å². The summed E-state index contributed by atoms with van der Waals surface area (Å²) in [6.07, 6.45) is 11.7. The van der Waals surface area contributed by atoms with Crippen molar-refractivity contribution in [1.29, 1.82) is 0 Å². The van der Waals surface area contributed by atoms with Gasteiger partial charge in [0.15, 0.2) is 5.82 Å². The van der Waals surface area contributed by atoms with Gasteiger partial charge in [-0.15, -0.1) is 0 Å². The fourth-order valence-electron chi connectivity index (χ4n) is 4.77. The van der Waals surface area contributed by atoms with Gasteiger partial charge in [-0.05, 0) is 44.2 Å². The topological polar surface area (TPSA) is 81.3 Å². The number of hydrogen-bond acceptors (Lipinski definition) is 6. The first-order valence-corrected chi connectivity index (χ1v) is 10.7. The zero-order valence-electron chi connectivity index (χ0n) is 17.2. The molecule has 2 aliphatic rings. The Morgan fingerprint density at radius 2 is 2.17 bits per heavy atom. The fourth-order valence-corrected chi connectivity index (χ4v) is 4.77. The van der Waals surface area contributed by atoms with Crippen LogP contribution in [-0.4, -0.2) is 52.7 Å². The minimum atomic E-state index is -0.331. The van der Waals surface area contributed by atoms with Gasteiger partial charge in [0.1, 0.15) is 0 Å². The SMILES string of the molecule is COCCC1(c2noc(-c3cccnc3)n2)CCCN(C(=O)C2CCCCC2)C1. The van der Waals surface area contributed by atoms with Crippen LogP contribution in [0.25, 0.3) is 11.5 Å². The Bertz CT molecular complexity index is 803. The summed E-state index contributed by atoms with van der Waals surface area (Å²) in [6.45, 7) is 2.05. The summed E-state index contributed by atoms with van der Waals surface area (Å²) in [4.78, 5) is 24.1. The van der Waals surface area contributed by atoms with Gasteiger partial charge in [-0.25, -0.2) is 0 Å². The van der Waals surface area contributed by atoms with E-state index in [1.165, 1.54) is 19.3 Å². The zero-order chi connectivity index (χ0) is 20.1. The van der Waals surface area contributed by atoms with Crippen molar-refractivity contribution in [3.05, 3.63) is 30.4 Å². The molecule has 3 heterocycles. The quantitative estimate of drug-likeness (QED) is 0.739. The summed E-state index contributed by atoms with van der Waals surface area (Å²) in [7, 11) is 1.71. The Morgan fingerprint density at radius 3 is 2.93 bits per heavy atom. The molecule has 29 heavy (non-hydrogen) atoms. The van der Waals surface area contributed by atoms with Crippen LogP contribution in [-0.2, 0) is 14.9 Å². The summed E-state index contributed by atoms with van der Waals surface area (Å²) < 4.78 is 11.0. The van der Waals surface area contributed by atoms with E-state index in [-0.39, 0.29) is 11.3 Å². The molecule has 1 atom stereocenters. The number of amides is 1. The second-order valence-electron chi connectivity index (χ2n) is 8.39. The van der Waals surface area contributed by atoms with Crippen molar-refractivity contribution < 1.29 is 14.1 Å². The molecule has 1 saturated carbocycles. The van der Waals surface area contributed by atoms with Crippen molar-refractivity contribution in [3.8, 4) is 11.5 Å². The number of rotatable bonds is 6. The molecule has 4 rings (SSSR count). The number of pyridine rings is 1. The van der Waals surface area contributed by atoms with Gasteiger partial charge < -0.3 is 14.2 Å². The van der Waals surface area contributed by atoms with Gasteiger partial charge in [0, 0.05) is 45.1 Å². The molecule has 1 aliphatic heterocycles. The molecule has 7 heteroatoms. The number of carbonyl (C=O) groups is 1. The van der Waals surface area contributed by atoms with Gasteiger partial charge in [0.05, 0.1) is 11.0 Å². The highest BCUT2D eigenvalue weighted by atomic mass is 16.5. The van der Waals surface area contributed by atoms with Crippen LogP contribution < -0.4 is 0 Å². The largest absolute Gasteiger partial charge is 0.385 e. The first-order valence-electron chi connectivity index (χ1n) is 10.7. The number of carbonyl (C=O) groups excluding carboxylic acids is 1. The average molecular weight is 399 g/mol. The molecule has 7 nitrogen and oxygen atoms in total. The van der Waals surface area contributed by atoms with Gasteiger partial charge in [-0.3, -0.25) is 9.78 Å². The van der Waals surface area contributed by atoms with Crippen molar-refractivity contribution in [2.75, 3.05) is 26.8 Å². The molecule has 1 unspecified atom stereocenters. The first-order chi connectivity index (χ1) is 14.2. The van der Waals surface area contributed by atoms with Crippen LogP contribution in [0.1, 0.15) is 57.2 Å². The Labute approximate surface area is 171 Å². The van der Waals surface area contributed by atoms with Gasteiger partial charge in [-0.2, -0.15) is 4.98 Å². The third-order valence-electron chi connectivity index (χ3n) is 6.44. The molecule has 2 aromatic heterocycles. The Hall–Kier alpha value is -2.28. The van der Waals surface area contributed by atoms with Crippen LogP contribution in [0.5, 0.6) is 0 Å². The minimum Gasteiger partial charge on any atom is -0.385 e. The normalized spacial score (nSPS) is 23.3. The number of nitrogens with zero attached hydrogens (tertiary/aromatic N) is 4. The van der Waals surface area contributed by atoms with E-state index in [0.29, 0.717) is 30.8 Å². The lowest BCUT2D eigenvalue weighted by molar-refractivity contribution is -0.139. The second-order valence-corrected chi connectivity index (χ2v) is 8.39. The van der Waals surface area contributed by atoms with Crippen molar-refractivity contribution in [1.82, 2.24) is 20.0 Å². The zero-order valence-corrected chi connectivity index (χ0v) is 17.2. The van der Waals surface area contributed by atoms with Gasteiger partial charge in [0.2, 0.25) is 5.91 Å². The highest BCUT2D eigenvalue weighted by Gasteiger charge is 2.43. The molecular weight excluding hydrogens is 368 g/mol. The van der Waals surface area contributed by atoms with Crippen LogP contribution in [0.15, 0.2) is 29.0 Å². The number of aromatic nitrogens is 3. The number of likely N-dealkylation sites (tertiary alicyclic amines) is 1. The predicted octanol–water partition coefficient (Wildman–Crippen LogP) is 3.61. The molecule has 1 saturated heterocycles. The maximum absolute atomic E-state index is 13.2. The van der Waals surface area contributed by atoms with E-state index in [4.69, 9.17) is 14.2 Å². The third-order valence-corrected chi connectivity index (χ3v) is 6.44. The van der Waals surface area contributed by atoms with Crippen LogP contribution in [0.4, 0.5) is 0 Å². The number of ether oxygens (including phenoxy) is 1. The lowest BCUT2D eigenvalue weighted by atomic mass is 9.75. The van der Waals surface area contributed by atoms with E-state index in [9.17, 15) is 4.79 Å². The standard InChI is InChI=1S/C22H30N4O3/c1-28-14-11-22(21-24-19(29-25-21)18-9-5-12-23-15-18)10-6-13-26(16-22)20(27)17-7-3-2-4-8-17/h5,9,12,15,17H,2-4,6-8,10-11,13-14,16H2,1H3. The van der Waals surface area contributed by atoms with E-state index < -0.39 is 0 Å². The average Bonchev–Trinajstić information content (AvgIpc) is 3.30. The first kappa shape index (κ1) is 20.0. The lowest BCUT2D eigenvalue weighted by Gasteiger charge is -2.42. The lowest BCUT2D eigenvalue weighted by Crippen LogP contribution is -2.51. The molecule has 0 bridgehead atoms.